The zero-order chi connectivity index (χ0) is 13.1. The van der Waals surface area contributed by atoms with Gasteiger partial charge in [-0.3, -0.25) is 0 Å². The van der Waals surface area contributed by atoms with Crippen LogP contribution in [0.2, 0.25) is 5.02 Å². The first-order valence-electron chi connectivity index (χ1n) is 6.68. The van der Waals surface area contributed by atoms with Gasteiger partial charge >= 0.3 is 0 Å². The van der Waals surface area contributed by atoms with Gasteiger partial charge in [-0.1, -0.05) is 18.5 Å². The van der Waals surface area contributed by atoms with E-state index in [1.807, 2.05) is 18.2 Å². The van der Waals surface area contributed by atoms with Crippen molar-refractivity contribution in [2.24, 2.45) is 17.6 Å². The van der Waals surface area contributed by atoms with Crippen LogP contribution >= 0.6 is 11.6 Å². The van der Waals surface area contributed by atoms with E-state index in [2.05, 4.69) is 6.92 Å². The summed E-state index contributed by atoms with van der Waals surface area (Å²) in [4.78, 5) is 0. The van der Waals surface area contributed by atoms with Gasteiger partial charge in [0.15, 0.2) is 0 Å². The lowest BCUT2D eigenvalue weighted by atomic mass is 9.76. The van der Waals surface area contributed by atoms with E-state index in [1.54, 1.807) is 7.11 Å². The van der Waals surface area contributed by atoms with Crippen molar-refractivity contribution in [2.45, 2.75) is 38.6 Å². The van der Waals surface area contributed by atoms with E-state index in [4.69, 9.17) is 22.1 Å². The van der Waals surface area contributed by atoms with Crippen molar-refractivity contribution in [3.8, 4) is 5.75 Å². The van der Waals surface area contributed by atoms with Gasteiger partial charge in [-0.05, 0) is 61.3 Å². The van der Waals surface area contributed by atoms with E-state index in [9.17, 15) is 0 Å². The highest BCUT2D eigenvalue weighted by Gasteiger charge is 2.26. The molecule has 0 bridgehead atoms. The average molecular weight is 268 g/mol. The number of methoxy groups -OCH3 is 1. The molecule has 100 valence electrons. The molecule has 1 aromatic carbocycles. The third kappa shape index (κ3) is 3.18. The first kappa shape index (κ1) is 13.7. The maximum Gasteiger partial charge on any atom is 0.122 e. The van der Waals surface area contributed by atoms with Crippen LogP contribution in [0.25, 0.3) is 0 Å². The summed E-state index contributed by atoms with van der Waals surface area (Å²) in [5.41, 5.74) is 7.42. The summed E-state index contributed by atoms with van der Waals surface area (Å²) in [6.45, 7) is 2.31. The van der Waals surface area contributed by atoms with Crippen LogP contribution in [0.3, 0.4) is 0 Å². The van der Waals surface area contributed by atoms with E-state index in [-0.39, 0.29) is 0 Å². The third-order valence-electron chi connectivity index (χ3n) is 4.03. The van der Waals surface area contributed by atoms with E-state index in [0.717, 1.165) is 29.5 Å². The molecule has 2 nitrogen and oxygen atoms in total. The minimum atomic E-state index is 0.310. The van der Waals surface area contributed by atoms with E-state index >= 15 is 0 Å². The van der Waals surface area contributed by atoms with E-state index in [0.29, 0.717) is 12.0 Å². The van der Waals surface area contributed by atoms with Crippen LogP contribution in [0.5, 0.6) is 5.75 Å². The number of hydrogen-bond donors (Lipinski definition) is 1. The molecule has 2 rings (SSSR count). The molecule has 18 heavy (non-hydrogen) atoms. The first-order valence-corrected chi connectivity index (χ1v) is 7.06. The van der Waals surface area contributed by atoms with Gasteiger partial charge in [0.1, 0.15) is 5.75 Å². The minimum Gasteiger partial charge on any atom is -0.496 e. The zero-order valence-corrected chi connectivity index (χ0v) is 11.9. The lowest BCUT2D eigenvalue weighted by Gasteiger charge is -2.32. The van der Waals surface area contributed by atoms with E-state index < -0.39 is 0 Å². The van der Waals surface area contributed by atoms with Gasteiger partial charge in [0.05, 0.1) is 7.11 Å². The lowest BCUT2D eigenvalue weighted by molar-refractivity contribution is 0.243. The normalized spacial score (nSPS) is 28.1. The molecular weight excluding hydrogens is 246 g/mol. The van der Waals surface area contributed by atoms with Crippen molar-refractivity contribution in [3.63, 3.8) is 0 Å². The fraction of sp³-hybridized carbons (Fsp3) is 0.600. The van der Waals surface area contributed by atoms with Gasteiger partial charge in [0.25, 0.3) is 0 Å². The fourth-order valence-electron chi connectivity index (χ4n) is 2.95. The monoisotopic (exact) mass is 267 g/mol. The van der Waals surface area contributed by atoms with Crippen molar-refractivity contribution in [1.29, 1.82) is 0 Å². The lowest BCUT2D eigenvalue weighted by Crippen LogP contribution is -2.36. The van der Waals surface area contributed by atoms with Crippen LogP contribution in [0, 0.1) is 11.8 Å². The number of halogens is 1. The van der Waals surface area contributed by atoms with Crippen molar-refractivity contribution in [3.05, 3.63) is 28.8 Å². The van der Waals surface area contributed by atoms with Gasteiger partial charge in [-0.25, -0.2) is 0 Å². The summed E-state index contributed by atoms with van der Waals surface area (Å²) >= 11 is 6.07. The summed E-state index contributed by atoms with van der Waals surface area (Å²) in [6.07, 6.45) is 4.56. The molecule has 1 aliphatic carbocycles. The molecule has 1 aromatic rings. The molecule has 1 aliphatic rings. The highest BCUT2D eigenvalue weighted by molar-refractivity contribution is 6.30. The highest BCUT2D eigenvalue weighted by atomic mass is 35.5. The predicted octanol–water partition coefficient (Wildman–Crippen LogP) is 3.65. The second kappa shape index (κ2) is 5.94. The van der Waals surface area contributed by atoms with Gasteiger partial charge in [-0.15, -0.1) is 0 Å². The molecule has 3 atom stereocenters. The molecule has 0 aromatic heterocycles. The standard InChI is InChI=1S/C15H22ClNO/c1-10-3-5-14(17)11(7-10)8-12-9-13(16)4-6-15(12)18-2/h4,6,9-11,14H,3,5,7-8,17H2,1-2H3. The molecule has 0 saturated heterocycles. The van der Waals surface area contributed by atoms with Crippen LogP contribution in [0.15, 0.2) is 18.2 Å². The van der Waals surface area contributed by atoms with Crippen LogP contribution in [-0.2, 0) is 6.42 Å². The molecule has 2 N–H and O–H groups in total. The molecule has 3 unspecified atom stereocenters. The van der Waals surface area contributed by atoms with Gasteiger partial charge < -0.3 is 10.5 Å². The Balaban J connectivity index is 2.14. The van der Waals surface area contributed by atoms with Crippen molar-refractivity contribution in [1.82, 2.24) is 0 Å². The van der Waals surface area contributed by atoms with Crippen molar-refractivity contribution < 1.29 is 4.74 Å². The Morgan fingerprint density at radius 3 is 2.89 bits per heavy atom. The minimum absolute atomic E-state index is 0.310. The Morgan fingerprint density at radius 2 is 2.17 bits per heavy atom. The molecular formula is C15H22ClNO. The Hall–Kier alpha value is -0.730. The van der Waals surface area contributed by atoms with Crippen LogP contribution in [-0.4, -0.2) is 13.2 Å². The molecule has 0 amide bonds. The molecule has 0 heterocycles. The maximum atomic E-state index is 6.24. The molecule has 0 radical (unpaired) electrons. The quantitative estimate of drug-likeness (QED) is 0.907. The zero-order valence-electron chi connectivity index (χ0n) is 11.2. The molecule has 1 saturated carbocycles. The number of benzene rings is 1. The summed E-state index contributed by atoms with van der Waals surface area (Å²) in [5, 5.41) is 0.767. The first-order chi connectivity index (χ1) is 8.60. The predicted molar refractivity (Wildman–Crippen MR) is 76.2 cm³/mol. The van der Waals surface area contributed by atoms with Crippen LogP contribution in [0.4, 0.5) is 0 Å². The van der Waals surface area contributed by atoms with Gasteiger partial charge in [-0.2, -0.15) is 0 Å². The number of nitrogens with two attached hydrogens (primary N) is 1. The smallest absolute Gasteiger partial charge is 0.122 e. The maximum absolute atomic E-state index is 6.24. The molecule has 0 spiro atoms. The molecule has 3 heteroatoms. The summed E-state index contributed by atoms with van der Waals surface area (Å²) in [6, 6.07) is 6.12. The number of rotatable bonds is 3. The van der Waals surface area contributed by atoms with Crippen LogP contribution in [0.1, 0.15) is 31.7 Å². The highest BCUT2D eigenvalue weighted by Crippen LogP contribution is 2.33. The largest absolute Gasteiger partial charge is 0.496 e. The summed E-state index contributed by atoms with van der Waals surface area (Å²) < 4.78 is 5.40. The van der Waals surface area contributed by atoms with Gasteiger partial charge in [0, 0.05) is 11.1 Å². The van der Waals surface area contributed by atoms with Crippen molar-refractivity contribution >= 4 is 11.6 Å². The SMILES string of the molecule is COc1ccc(Cl)cc1CC1CC(C)CCC1N. The topological polar surface area (TPSA) is 35.2 Å². The second-order valence-corrected chi connectivity index (χ2v) is 5.94. The Bertz CT molecular complexity index is 407. The fourth-order valence-corrected chi connectivity index (χ4v) is 3.14. The molecule has 0 aliphatic heterocycles. The van der Waals surface area contributed by atoms with Crippen LogP contribution < -0.4 is 10.5 Å². The Labute approximate surface area is 114 Å². The third-order valence-corrected chi connectivity index (χ3v) is 4.26. The Morgan fingerprint density at radius 1 is 1.39 bits per heavy atom. The molecule has 1 fully saturated rings. The second-order valence-electron chi connectivity index (χ2n) is 5.50. The number of ether oxygens (including phenoxy) is 1. The Kier molecular flexibility index (Phi) is 4.52. The van der Waals surface area contributed by atoms with Gasteiger partial charge in [0.2, 0.25) is 0 Å². The number of hydrogen-bond acceptors (Lipinski definition) is 2. The summed E-state index contributed by atoms with van der Waals surface area (Å²) in [5.74, 6) is 2.24. The van der Waals surface area contributed by atoms with E-state index in [1.165, 1.54) is 18.4 Å². The van der Waals surface area contributed by atoms with Crippen molar-refractivity contribution in [2.75, 3.05) is 7.11 Å². The summed E-state index contributed by atoms with van der Waals surface area (Å²) in [7, 11) is 1.70. The average Bonchev–Trinajstić information content (AvgIpc) is 2.34.